The topological polar surface area (TPSA) is 62.1 Å². The van der Waals surface area contributed by atoms with Crippen LogP contribution in [-0.4, -0.2) is 24.1 Å². The maximum Gasteiger partial charge on any atom is 0.248 e. The van der Waals surface area contributed by atoms with E-state index in [1.807, 2.05) is 6.07 Å². The van der Waals surface area contributed by atoms with Gasteiger partial charge in [0.05, 0.1) is 5.52 Å². The van der Waals surface area contributed by atoms with Gasteiger partial charge in [0, 0.05) is 30.9 Å². The first-order valence-corrected chi connectivity index (χ1v) is 6.77. The summed E-state index contributed by atoms with van der Waals surface area (Å²) < 4.78 is 0. The van der Waals surface area contributed by atoms with Crippen LogP contribution >= 0.6 is 0 Å². The van der Waals surface area contributed by atoms with Crippen molar-refractivity contribution >= 4 is 16.6 Å². The van der Waals surface area contributed by atoms with Crippen molar-refractivity contribution in [2.24, 2.45) is 11.7 Å². The van der Waals surface area contributed by atoms with Gasteiger partial charge in [0.25, 0.3) is 0 Å². The summed E-state index contributed by atoms with van der Waals surface area (Å²) in [5.41, 5.74) is 7.98. The quantitative estimate of drug-likeness (QED) is 0.860. The summed E-state index contributed by atoms with van der Waals surface area (Å²) in [7, 11) is 0. The van der Waals surface area contributed by atoms with Crippen molar-refractivity contribution < 1.29 is 0 Å². The average molecular weight is 257 g/mol. The summed E-state index contributed by atoms with van der Waals surface area (Å²) in [5.74, 6) is 0.561. The monoisotopic (exact) mass is 257 g/mol. The Kier molecular flexibility index (Phi) is 3.03. The zero-order valence-electron chi connectivity index (χ0n) is 11.1. The molecule has 0 saturated carbocycles. The molecule has 2 atom stereocenters. The normalized spacial score (nSPS) is 20.9. The van der Waals surface area contributed by atoms with Crippen molar-refractivity contribution in [2.45, 2.75) is 19.4 Å². The van der Waals surface area contributed by atoms with Gasteiger partial charge in [-0.15, -0.1) is 0 Å². The number of fused-ring (bicyclic) bond motifs is 1. The third kappa shape index (κ3) is 2.36. The number of aromatic nitrogens is 1. The van der Waals surface area contributed by atoms with Gasteiger partial charge in [-0.3, -0.25) is 4.79 Å². The molecule has 0 spiro atoms. The zero-order chi connectivity index (χ0) is 13.4. The van der Waals surface area contributed by atoms with Crippen LogP contribution in [0.1, 0.15) is 13.3 Å². The van der Waals surface area contributed by atoms with E-state index >= 15 is 0 Å². The first-order valence-electron chi connectivity index (χ1n) is 6.77. The summed E-state index contributed by atoms with van der Waals surface area (Å²) in [6.07, 6.45) is 1.14. The van der Waals surface area contributed by atoms with Gasteiger partial charge in [0.15, 0.2) is 0 Å². The number of benzene rings is 1. The van der Waals surface area contributed by atoms with Crippen molar-refractivity contribution in [3.05, 3.63) is 40.7 Å². The van der Waals surface area contributed by atoms with E-state index in [0.717, 1.165) is 36.1 Å². The Morgan fingerprint density at radius 2 is 2.16 bits per heavy atom. The van der Waals surface area contributed by atoms with Crippen LogP contribution in [-0.2, 0) is 0 Å². The summed E-state index contributed by atoms with van der Waals surface area (Å²) in [6, 6.07) is 9.88. The Morgan fingerprint density at radius 3 is 2.89 bits per heavy atom. The van der Waals surface area contributed by atoms with Crippen molar-refractivity contribution in [2.75, 3.05) is 18.0 Å². The summed E-state index contributed by atoms with van der Waals surface area (Å²) in [5, 5.41) is 1.06. The summed E-state index contributed by atoms with van der Waals surface area (Å²) in [6.45, 7) is 4.11. The number of anilines is 1. The van der Waals surface area contributed by atoms with Gasteiger partial charge in [-0.25, -0.2) is 0 Å². The molecule has 1 aliphatic heterocycles. The van der Waals surface area contributed by atoms with E-state index in [4.69, 9.17) is 5.73 Å². The van der Waals surface area contributed by atoms with Crippen LogP contribution in [0.3, 0.4) is 0 Å². The van der Waals surface area contributed by atoms with Crippen LogP contribution in [0.15, 0.2) is 35.1 Å². The molecule has 4 heteroatoms. The molecule has 1 aromatic carbocycles. The number of nitrogens with one attached hydrogen (secondary N) is 1. The van der Waals surface area contributed by atoms with Crippen LogP contribution in [0.5, 0.6) is 0 Å². The minimum absolute atomic E-state index is 0.0560. The standard InChI is InChI=1S/C15H19N3O/c1-10(16)12-6-7-18(9-12)13-4-2-11-3-5-15(19)17-14(11)8-13/h2-5,8,10,12H,6-7,9,16H2,1H3,(H,17,19). The van der Waals surface area contributed by atoms with E-state index in [2.05, 4.69) is 35.0 Å². The second-order valence-corrected chi connectivity index (χ2v) is 5.45. The first-order chi connectivity index (χ1) is 9.13. The first kappa shape index (κ1) is 12.2. The number of H-pyrrole nitrogens is 1. The maximum absolute atomic E-state index is 11.4. The van der Waals surface area contributed by atoms with Gasteiger partial charge < -0.3 is 15.6 Å². The minimum Gasteiger partial charge on any atom is -0.371 e. The van der Waals surface area contributed by atoms with Gasteiger partial charge in [0.2, 0.25) is 5.56 Å². The molecule has 1 aromatic heterocycles. The van der Waals surface area contributed by atoms with E-state index in [9.17, 15) is 4.79 Å². The second-order valence-electron chi connectivity index (χ2n) is 5.45. The third-order valence-corrected chi connectivity index (χ3v) is 4.04. The molecule has 0 amide bonds. The molecule has 100 valence electrons. The third-order valence-electron chi connectivity index (χ3n) is 4.04. The lowest BCUT2D eigenvalue weighted by atomic mass is 10.0. The van der Waals surface area contributed by atoms with Gasteiger partial charge in [-0.05, 0) is 42.8 Å². The Bertz CT molecular complexity index is 647. The molecule has 1 saturated heterocycles. The lowest BCUT2D eigenvalue weighted by molar-refractivity contribution is 0.488. The zero-order valence-corrected chi connectivity index (χ0v) is 11.1. The smallest absolute Gasteiger partial charge is 0.248 e. The molecule has 0 bridgehead atoms. The van der Waals surface area contributed by atoms with Crippen molar-refractivity contribution in [3.63, 3.8) is 0 Å². The average Bonchev–Trinajstić information content (AvgIpc) is 2.87. The Labute approximate surface area is 112 Å². The van der Waals surface area contributed by atoms with E-state index in [1.54, 1.807) is 6.07 Å². The molecule has 2 heterocycles. The van der Waals surface area contributed by atoms with Crippen LogP contribution in [0, 0.1) is 5.92 Å². The van der Waals surface area contributed by atoms with E-state index in [-0.39, 0.29) is 11.6 Å². The highest BCUT2D eigenvalue weighted by Crippen LogP contribution is 2.27. The number of hydrogen-bond donors (Lipinski definition) is 2. The molecule has 19 heavy (non-hydrogen) atoms. The number of nitrogens with two attached hydrogens (primary N) is 1. The van der Waals surface area contributed by atoms with E-state index in [1.165, 1.54) is 0 Å². The molecule has 1 fully saturated rings. The molecular formula is C15H19N3O. The lowest BCUT2D eigenvalue weighted by Crippen LogP contribution is -2.29. The van der Waals surface area contributed by atoms with Crippen LogP contribution in [0.4, 0.5) is 5.69 Å². The lowest BCUT2D eigenvalue weighted by Gasteiger charge is -2.20. The molecule has 1 aliphatic rings. The van der Waals surface area contributed by atoms with Gasteiger partial charge in [0.1, 0.15) is 0 Å². The van der Waals surface area contributed by atoms with Crippen LogP contribution < -0.4 is 16.2 Å². The van der Waals surface area contributed by atoms with Crippen molar-refractivity contribution in [3.8, 4) is 0 Å². The summed E-state index contributed by atoms with van der Waals surface area (Å²) in [4.78, 5) is 16.6. The van der Waals surface area contributed by atoms with Gasteiger partial charge >= 0.3 is 0 Å². The molecule has 0 radical (unpaired) electrons. The summed E-state index contributed by atoms with van der Waals surface area (Å²) >= 11 is 0. The highest BCUT2D eigenvalue weighted by atomic mass is 16.1. The number of pyridine rings is 1. The molecule has 2 aromatic rings. The predicted molar refractivity (Wildman–Crippen MR) is 78.5 cm³/mol. The molecule has 4 nitrogen and oxygen atoms in total. The van der Waals surface area contributed by atoms with Crippen LogP contribution in [0.2, 0.25) is 0 Å². The largest absolute Gasteiger partial charge is 0.371 e. The molecule has 2 unspecified atom stereocenters. The van der Waals surface area contributed by atoms with E-state index in [0.29, 0.717) is 5.92 Å². The van der Waals surface area contributed by atoms with Gasteiger partial charge in [-0.2, -0.15) is 0 Å². The minimum atomic E-state index is -0.0560. The van der Waals surface area contributed by atoms with Crippen molar-refractivity contribution in [1.82, 2.24) is 4.98 Å². The maximum atomic E-state index is 11.4. The highest BCUT2D eigenvalue weighted by molar-refractivity contribution is 5.82. The Morgan fingerprint density at radius 1 is 1.37 bits per heavy atom. The molecule has 3 N–H and O–H groups in total. The van der Waals surface area contributed by atoms with E-state index < -0.39 is 0 Å². The second kappa shape index (κ2) is 4.70. The van der Waals surface area contributed by atoms with Crippen LogP contribution in [0.25, 0.3) is 10.9 Å². The molecule has 3 rings (SSSR count). The predicted octanol–water partition coefficient (Wildman–Crippen LogP) is 1.70. The van der Waals surface area contributed by atoms with Gasteiger partial charge in [-0.1, -0.05) is 6.07 Å². The Balaban J connectivity index is 1.91. The fraction of sp³-hybridized carbons (Fsp3) is 0.400. The number of nitrogens with zero attached hydrogens (tertiary/aromatic N) is 1. The van der Waals surface area contributed by atoms with Crippen molar-refractivity contribution in [1.29, 1.82) is 0 Å². The highest BCUT2D eigenvalue weighted by Gasteiger charge is 2.25. The number of aromatic amines is 1. The molecular weight excluding hydrogens is 238 g/mol. The Hall–Kier alpha value is -1.81. The molecule has 0 aliphatic carbocycles. The number of hydrogen-bond acceptors (Lipinski definition) is 3. The fourth-order valence-corrected chi connectivity index (χ4v) is 2.79. The number of rotatable bonds is 2. The SMILES string of the molecule is CC(N)C1CCN(c2ccc3ccc(=O)[nH]c3c2)C1. The fourth-order valence-electron chi connectivity index (χ4n) is 2.79.